The maximum Gasteiger partial charge on any atom is 0.0442 e. The van der Waals surface area contributed by atoms with Crippen LogP contribution in [0.1, 0.15) is 26.7 Å². The van der Waals surface area contributed by atoms with Crippen molar-refractivity contribution in [2.75, 3.05) is 51.4 Å². The zero-order valence-corrected chi connectivity index (χ0v) is 14.2. The molecule has 0 N–H and O–H groups in total. The molecular formula is C16H31N3S. The molecule has 4 heteroatoms. The first kappa shape index (κ1) is 15.1. The minimum absolute atomic E-state index is 0.751. The van der Waals surface area contributed by atoms with Crippen LogP contribution in [0, 0.1) is 11.8 Å². The van der Waals surface area contributed by atoms with Crippen molar-refractivity contribution in [1.82, 2.24) is 14.7 Å². The van der Waals surface area contributed by atoms with Gasteiger partial charge in [0, 0.05) is 57.2 Å². The molecule has 3 fully saturated rings. The molecule has 3 aliphatic rings. The molecule has 0 aromatic heterocycles. The zero-order chi connectivity index (χ0) is 14.1. The van der Waals surface area contributed by atoms with Crippen LogP contribution < -0.4 is 0 Å². The highest BCUT2D eigenvalue weighted by Crippen LogP contribution is 2.43. The second-order valence-electron chi connectivity index (χ2n) is 7.27. The Kier molecular flexibility index (Phi) is 4.96. The summed E-state index contributed by atoms with van der Waals surface area (Å²) in [6.45, 7) is 12.6. The van der Waals surface area contributed by atoms with E-state index in [1.54, 1.807) is 0 Å². The van der Waals surface area contributed by atoms with Crippen molar-refractivity contribution in [2.45, 2.75) is 38.8 Å². The third-order valence-electron chi connectivity index (χ3n) is 5.66. The molecule has 3 nitrogen and oxygen atoms in total. The lowest BCUT2D eigenvalue weighted by Crippen LogP contribution is -2.49. The third kappa shape index (κ3) is 3.18. The summed E-state index contributed by atoms with van der Waals surface area (Å²) < 4.78 is 0. The molecule has 0 spiro atoms. The van der Waals surface area contributed by atoms with Crippen LogP contribution in [0.5, 0.6) is 0 Å². The Morgan fingerprint density at radius 1 is 1.05 bits per heavy atom. The Hall–Kier alpha value is 0.230. The summed E-state index contributed by atoms with van der Waals surface area (Å²) in [5, 5.41) is 0. The normalized spacial score (nSPS) is 36.3. The molecule has 1 saturated carbocycles. The van der Waals surface area contributed by atoms with E-state index in [0.29, 0.717) is 0 Å². The van der Waals surface area contributed by atoms with Crippen molar-refractivity contribution in [1.29, 1.82) is 0 Å². The van der Waals surface area contributed by atoms with Gasteiger partial charge in [0.25, 0.3) is 0 Å². The fourth-order valence-corrected chi connectivity index (χ4v) is 5.19. The Morgan fingerprint density at radius 2 is 1.75 bits per heavy atom. The van der Waals surface area contributed by atoms with Crippen LogP contribution >= 0.6 is 11.8 Å². The number of fused-ring (bicyclic) bond motifs is 2. The molecule has 2 bridgehead atoms. The molecular weight excluding hydrogens is 266 g/mol. The summed E-state index contributed by atoms with van der Waals surface area (Å²) in [6, 6.07) is 1.66. The molecule has 0 radical (unpaired) electrons. The highest BCUT2D eigenvalue weighted by Gasteiger charge is 2.45. The predicted molar refractivity (Wildman–Crippen MR) is 88.2 cm³/mol. The van der Waals surface area contributed by atoms with Gasteiger partial charge in [-0.3, -0.25) is 9.80 Å². The molecule has 20 heavy (non-hydrogen) atoms. The van der Waals surface area contributed by atoms with Gasteiger partial charge in [0.15, 0.2) is 0 Å². The number of piperazine rings is 1. The average molecular weight is 298 g/mol. The lowest BCUT2D eigenvalue weighted by molar-refractivity contribution is 0.0895. The molecule has 0 aromatic carbocycles. The van der Waals surface area contributed by atoms with E-state index in [9.17, 15) is 0 Å². The average Bonchev–Trinajstić information content (AvgIpc) is 3.01. The monoisotopic (exact) mass is 297 g/mol. The predicted octanol–water partition coefficient (Wildman–Crippen LogP) is 2.04. The van der Waals surface area contributed by atoms with Crippen molar-refractivity contribution < 1.29 is 0 Å². The minimum Gasteiger partial charge on any atom is -0.301 e. The van der Waals surface area contributed by atoms with E-state index in [0.717, 1.165) is 23.9 Å². The fraction of sp³-hybridized carbons (Fsp3) is 1.00. The number of hydrogen-bond acceptors (Lipinski definition) is 4. The molecule has 116 valence electrons. The van der Waals surface area contributed by atoms with Crippen LogP contribution in [0.4, 0.5) is 0 Å². The smallest absolute Gasteiger partial charge is 0.0442 e. The van der Waals surface area contributed by atoms with Crippen LogP contribution in [-0.4, -0.2) is 78.2 Å². The maximum atomic E-state index is 2.75. The summed E-state index contributed by atoms with van der Waals surface area (Å²) >= 11 is 1.96. The van der Waals surface area contributed by atoms with Gasteiger partial charge in [-0.2, -0.15) is 0 Å². The summed E-state index contributed by atoms with van der Waals surface area (Å²) in [6.07, 6.45) is 5.16. The maximum absolute atomic E-state index is 2.75. The van der Waals surface area contributed by atoms with Crippen molar-refractivity contribution in [3.05, 3.63) is 0 Å². The molecule has 2 aliphatic heterocycles. The Morgan fingerprint density at radius 3 is 2.30 bits per heavy atom. The van der Waals surface area contributed by atoms with Gasteiger partial charge in [0.1, 0.15) is 0 Å². The van der Waals surface area contributed by atoms with E-state index in [4.69, 9.17) is 0 Å². The van der Waals surface area contributed by atoms with E-state index in [1.807, 2.05) is 11.8 Å². The highest BCUT2D eigenvalue weighted by atomic mass is 32.2. The second-order valence-corrected chi connectivity index (χ2v) is 8.11. The quantitative estimate of drug-likeness (QED) is 0.768. The lowest BCUT2D eigenvalue weighted by atomic mass is 9.93. The van der Waals surface area contributed by atoms with E-state index in [2.05, 4.69) is 34.8 Å². The van der Waals surface area contributed by atoms with E-state index in [1.165, 1.54) is 58.0 Å². The summed E-state index contributed by atoms with van der Waals surface area (Å²) in [4.78, 5) is 8.09. The van der Waals surface area contributed by atoms with Gasteiger partial charge in [-0.05, 0) is 44.8 Å². The van der Waals surface area contributed by atoms with Gasteiger partial charge in [0.05, 0.1) is 0 Å². The number of piperidine rings is 1. The number of likely N-dealkylation sites (tertiary alicyclic amines) is 1. The largest absolute Gasteiger partial charge is 0.301 e. The Bertz CT molecular complexity index is 315. The molecule has 3 atom stereocenters. The minimum atomic E-state index is 0.751. The molecule has 3 rings (SSSR count). The van der Waals surface area contributed by atoms with Crippen LogP contribution in [0.15, 0.2) is 0 Å². The van der Waals surface area contributed by atoms with E-state index >= 15 is 0 Å². The van der Waals surface area contributed by atoms with Gasteiger partial charge >= 0.3 is 0 Å². The first-order valence-electron chi connectivity index (χ1n) is 8.36. The standard InChI is InChI=1S/C16H31N3S/c1-13(2)19-11-15-9-16(19)8-14(15)10-17-4-6-18(7-5-17)12-20-3/h13-16H,4-12H2,1-3H3/t14-,15+,16-/m1/s1. The molecule has 0 aromatic rings. The van der Waals surface area contributed by atoms with Crippen LogP contribution in [-0.2, 0) is 0 Å². The molecule has 2 heterocycles. The van der Waals surface area contributed by atoms with Gasteiger partial charge in [-0.1, -0.05) is 0 Å². The summed E-state index contributed by atoms with van der Waals surface area (Å²) in [7, 11) is 0. The van der Waals surface area contributed by atoms with Gasteiger partial charge in [-0.25, -0.2) is 0 Å². The third-order valence-corrected chi connectivity index (χ3v) is 6.29. The molecule has 1 aliphatic carbocycles. The van der Waals surface area contributed by atoms with E-state index in [-0.39, 0.29) is 0 Å². The van der Waals surface area contributed by atoms with Gasteiger partial charge < -0.3 is 4.90 Å². The summed E-state index contributed by atoms with van der Waals surface area (Å²) in [5.74, 6) is 3.19. The Balaban J connectivity index is 1.43. The van der Waals surface area contributed by atoms with Crippen molar-refractivity contribution in [3.8, 4) is 0 Å². The number of thioether (sulfide) groups is 1. The zero-order valence-electron chi connectivity index (χ0n) is 13.4. The fourth-order valence-electron chi connectivity index (χ4n) is 4.57. The van der Waals surface area contributed by atoms with Crippen LogP contribution in [0.2, 0.25) is 0 Å². The number of nitrogens with zero attached hydrogens (tertiary/aromatic N) is 3. The first-order valence-corrected chi connectivity index (χ1v) is 9.76. The Labute approximate surface area is 129 Å². The van der Waals surface area contributed by atoms with Crippen molar-refractivity contribution >= 4 is 11.8 Å². The van der Waals surface area contributed by atoms with Crippen molar-refractivity contribution in [3.63, 3.8) is 0 Å². The van der Waals surface area contributed by atoms with Crippen LogP contribution in [0.3, 0.4) is 0 Å². The van der Waals surface area contributed by atoms with Crippen LogP contribution in [0.25, 0.3) is 0 Å². The first-order chi connectivity index (χ1) is 9.67. The summed E-state index contributed by atoms with van der Waals surface area (Å²) in [5.41, 5.74) is 0. The molecule has 0 unspecified atom stereocenters. The number of hydrogen-bond donors (Lipinski definition) is 0. The van der Waals surface area contributed by atoms with E-state index < -0.39 is 0 Å². The second kappa shape index (κ2) is 6.55. The van der Waals surface area contributed by atoms with Crippen molar-refractivity contribution in [2.24, 2.45) is 11.8 Å². The molecule has 0 amide bonds. The molecule has 2 saturated heterocycles. The lowest BCUT2D eigenvalue weighted by Gasteiger charge is -2.39. The highest BCUT2D eigenvalue weighted by molar-refractivity contribution is 7.98. The van der Waals surface area contributed by atoms with Gasteiger partial charge in [0.2, 0.25) is 0 Å². The van der Waals surface area contributed by atoms with Gasteiger partial charge in [-0.15, -0.1) is 11.8 Å². The SMILES string of the molecule is CSCN1CCN(C[C@H]2C[C@@H]3C[C@H]2CN3C(C)C)CC1. The number of rotatable bonds is 5. The topological polar surface area (TPSA) is 9.72 Å².